The zero-order valence-corrected chi connectivity index (χ0v) is 18.7. The van der Waals surface area contributed by atoms with Gasteiger partial charge in [-0.05, 0) is 85.7 Å². The molecule has 162 valence electrons. The fraction of sp³-hybridized carbons (Fsp3) is 0.692. The van der Waals surface area contributed by atoms with E-state index in [0.29, 0.717) is 35.6 Å². The third kappa shape index (κ3) is 3.01. The second-order valence-corrected chi connectivity index (χ2v) is 11.1. The van der Waals surface area contributed by atoms with E-state index in [1.165, 1.54) is 19.3 Å². The standard InChI is InChI=1S/C26H36N2O2/c1-25-13-11-20-19(9-10-22-26(20,2)14-12-23(29)28(22)3)21(25)15-18(16-25)27-24(30)17-7-5-4-6-8-17/h4-8,18-22H,9-16H2,1-3H3,(H,27,30)/t18-,19?,20-,21-,22+,25+,26+/m0/s1. The summed E-state index contributed by atoms with van der Waals surface area (Å²) in [5.74, 6) is 2.56. The summed E-state index contributed by atoms with van der Waals surface area (Å²) >= 11 is 0. The van der Waals surface area contributed by atoms with E-state index < -0.39 is 0 Å². The molecule has 3 aliphatic carbocycles. The largest absolute Gasteiger partial charge is 0.349 e. The number of benzene rings is 1. The van der Waals surface area contributed by atoms with Crippen LogP contribution in [0.2, 0.25) is 0 Å². The highest BCUT2D eigenvalue weighted by molar-refractivity contribution is 5.94. The first-order valence-electron chi connectivity index (χ1n) is 11.9. The van der Waals surface area contributed by atoms with E-state index in [0.717, 1.165) is 37.2 Å². The maximum Gasteiger partial charge on any atom is 0.251 e. The monoisotopic (exact) mass is 408 g/mol. The van der Waals surface area contributed by atoms with Gasteiger partial charge in [0.2, 0.25) is 5.91 Å². The van der Waals surface area contributed by atoms with E-state index in [1.54, 1.807) is 0 Å². The van der Waals surface area contributed by atoms with E-state index in [9.17, 15) is 9.59 Å². The molecule has 1 heterocycles. The Balaban J connectivity index is 1.34. The molecule has 4 aliphatic rings. The first-order valence-corrected chi connectivity index (χ1v) is 11.9. The lowest BCUT2D eigenvalue weighted by Crippen LogP contribution is -2.61. The summed E-state index contributed by atoms with van der Waals surface area (Å²) in [6.45, 7) is 4.96. The molecule has 1 unspecified atom stereocenters. The van der Waals surface area contributed by atoms with Gasteiger partial charge in [-0.2, -0.15) is 0 Å². The average Bonchev–Trinajstić information content (AvgIpc) is 3.08. The third-order valence-electron chi connectivity index (χ3n) is 9.70. The van der Waals surface area contributed by atoms with Gasteiger partial charge in [0, 0.05) is 31.1 Å². The van der Waals surface area contributed by atoms with Gasteiger partial charge in [-0.25, -0.2) is 0 Å². The Kier molecular flexibility index (Phi) is 4.75. The molecule has 0 radical (unpaired) electrons. The molecule has 2 amide bonds. The molecule has 4 heteroatoms. The molecule has 4 nitrogen and oxygen atoms in total. The van der Waals surface area contributed by atoms with Crippen LogP contribution in [0.3, 0.4) is 0 Å². The second-order valence-electron chi connectivity index (χ2n) is 11.1. The van der Waals surface area contributed by atoms with Gasteiger partial charge < -0.3 is 10.2 Å². The number of nitrogens with one attached hydrogen (secondary N) is 1. The highest BCUT2D eigenvalue weighted by Gasteiger charge is 2.60. The molecule has 0 aromatic heterocycles. The fourth-order valence-corrected chi connectivity index (χ4v) is 8.18. The molecule has 0 bridgehead atoms. The van der Waals surface area contributed by atoms with Gasteiger partial charge >= 0.3 is 0 Å². The SMILES string of the molecule is CN1C(=O)CC[C@]2(C)[C@H]3CC[C@]4(C)C[C@@H](NC(=O)c5ccccc5)C[C@H]4C3CC[C@@H]12. The number of hydrogen-bond acceptors (Lipinski definition) is 2. The van der Waals surface area contributed by atoms with E-state index in [-0.39, 0.29) is 17.4 Å². The number of amides is 2. The summed E-state index contributed by atoms with van der Waals surface area (Å²) in [7, 11) is 2.03. The molecule has 7 atom stereocenters. The molecule has 0 spiro atoms. The quantitative estimate of drug-likeness (QED) is 0.774. The molecular formula is C26H36N2O2. The number of likely N-dealkylation sites (tertiary alicyclic amines) is 1. The van der Waals surface area contributed by atoms with Crippen molar-refractivity contribution < 1.29 is 9.59 Å². The number of hydrogen-bond donors (Lipinski definition) is 1. The molecule has 4 fully saturated rings. The minimum atomic E-state index is 0.0717. The van der Waals surface area contributed by atoms with Crippen molar-refractivity contribution in [1.29, 1.82) is 0 Å². The smallest absolute Gasteiger partial charge is 0.251 e. The fourth-order valence-electron chi connectivity index (χ4n) is 8.18. The molecule has 30 heavy (non-hydrogen) atoms. The number of rotatable bonds is 2. The van der Waals surface area contributed by atoms with Crippen molar-refractivity contribution in [2.45, 2.75) is 77.3 Å². The highest BCUT2D eigenvalue weighted by Crippen LogP contribution is 2.64. The molecule has 1 saturated heterocycles. The lowest BCUT2D eigenvalue weighted by molar-refractivity contribution is -0.156. The van der Waals surface area contributed by atoms with Crippen molar-refractivity contribution in [2.75, 3.05) is 7.05 Å². The van der Waals surface area contributed by atoms with Gasteiger partial charge in [-0.15, -0.1) is 0 Å². The van der Waals surface area contributed by atoms with Gasteiger partial charge in [0.15, 0.2) is 0 Å². The second kappa shape index (κ2) is 7.10. The summed E-state index contributed by atoms with van der Waals surface area (Å²) in [6, 6.07) is 10.3. The summed E-state index contributed by atoms with van der Waals surface area (Å²) in [5, 5.41) is 3.36. The number of fused-ring (bicyclic) bond motifs is 5. The number of carbonyl (C=O) groups excluding carboxylic acids is 2. The Hall–Kier alpha value is -1.84. The maximum atomic E-state index is 12.8. The van der Waals surface area contributed by atoms with Gasteiger partial charge in [0.05, 0.1) is 0 Å². The predicted octanol–water partition coefficient (Wildman–Crippen LogP) is 4.65. The molecule has 1 aliphatic heterocycles. The van der Waals surface area contributed by atoms with Crippen LogP contribution in [-0.2, 0) is 4.79 Å². The van der Waals surface area contributed by atoms with Crippen molar-refractivity contribution >= 4 is 11.8 Å². The van der Waals surface area contributed by atoms with Gasteiger partial charge in [-0.3, -0.25) is 9.59 Å². The highest BCUT2D eigenvalue weighted by atomic mass is 16.2. The molecule has 1 N–H and O–H groups in total. The third-order valence-corrected chi connectivity index (χ3v) is 9.70. The molecule has 1 aromatic carbocycles. The lowest BCUT2D eigenvalue weighted by atomic mass is 9.47. The minimum absolute atomic E-state index is 0.0717. The maximum absolute atomic E-state index is 12.8. The topological polar surface area (TPSA) is 49.4 Å². The van der Waals surface area contributed by atoms with E-state index in [2.05, 4.69) is 24.1 Å². The Morgan fingerprint density at radius 3 is 2.60 bits per heavy atom. The van der Waals surface area contributed by atoms with Crippen LogP contribution in [-0.4, -0.2) is 35.8 Å². The van der Waals surface area contributed by atoms with Crippen LogP contribution in [0, 0.1) is 28.6 Å². The Bertz CT molecular complexity index is 839. The van der Waals surface area contributed by atoms with Crippen LogP contribution in [0.25, 0.3) is 0 Å². The zero-order valence-electron chi connectivity index (χ0n) is 18.7. The van der Waals surface area contributed by atoms with E-state index in [1.807, 2.05) is 37.4 Å². The summed E-state index contributed by atoms with van der Waals surface area (Å²) in [6.07, 6.45) is 8.92. The Labute approximate surface area is 180 Å². The van der Waals surface area contributed by atoms with Crippen LogP contribution in [0.1, 0.15) is 75.6 Å². The van der Waals surface area contributed by atoms with Crippen LogP contribution >= 0.6 is 0 Å². The number of piperidine rings is 1. The molecular weight excluding hydrogens is 372 g/mol. The number of nitrogens with zero attached hydrogens (tertiary/aromatic N) is 1. The van der Waals surface area contributed by atoms with Gasteiger partial charge in [-0.1, -0.05) is 32.0 Å². The summed E-state index contributed by atoms with van der Waals surface area (Å²) < 4.78 is 0. The number of carbonyl (C=O) groups is 2. The molecule has 1 aromatic rings. The van der Waals surface area contributed by atoms with Crippen molar-refractivity contribution in [3.8, 4) is 0 Å². The van der Waals surface area contributed by atoms with E-state index >= 15 is 0 Å². The van der Waals surface area contributed by atoms with Gasteiger partial charge in [0.25, 0.3) is 5.91 Å². The lowest BCUT2D eigenvalue weighted by Gasteiger charge is -2.61. The van der Waals surface area contributed by atoms with Crippen LogP contribution < -0.4 is 5.32 Å². The van der Waals surface area contributed by atoms with Crippen molar-refractivity contribution in [1.82, 2.24) is 10.2 Å². The van der Waals surface area contributed by atoms with Crippen LogP contribution in [0.5, 0.6) is 0 Å². The van der Waals surface area contributed by atoms with Crippen molar-refractivity contribution in [3.05, 3.63) is 35.9 Å². The summed E-state index contributed by atoms with van der Waals surface area (Å²) in [4.78, 5) is 27.2. The predicted molar refractivity (Wildman–Crippen MR) is 118 cm³/mol. The van der Waals surface area contributed by atoms with Crippen LogP contribution in [0.15, 0.2) is 30.3 Å². The molecule has 3 saturated carbocycles. The normalized spacial score (nSPS) is 42.8. The van der Waals surface area contributed by atoms with Crippen molar-refractivity contribution in [2.24, 2.45) is 28.6 Å². The molecule has 5 rings (SSSR count). The van der Waals surface area contributed by atoms with Gasteiger partial charge in [0.1, 0.15) is 0 Å². The Morgan fingerprint density at radius 2 is 1.83 bits per heavy atom. The minimum Gasteiger partial charge on any atom is -0.349 e. The zero-order chi connectivity index (χ0) is 21.1. The Morgan fingerprint density at radius 1 is 1.07 bits per heavy atom. The van der Waals surface area contributed by atoms with Crippen molar-refractivity contribution in [3.63, 3.8) is 0 Å². The van der Waals surface area contributed by atoms with E-state index in [4.69, 9.17) is 0 Å². The van der Waals surface area contributed by atoms with Crippen LogP contribution in [0.4, 0.5) is 0 Å². The first kappa shape index (κ1) is 20.1. The average molecular weight is 409 g/mol. The first-order chi connectivity index (χ1) is 14.3. The summed E-state index contributed by atoms with van der Waals surface area (Å²) in [5.41, 5.74) is 1.37.